The molecule has 0 aliphatic carbocycles. The van der Waals surface area contributed by atoms with Crippen LogP contribution in [0.4, 0.5) is 11.4 Å². The minimum atomic E-state index is -0.423. The molecule has 2 aromatic carbocycles. The van der Waals surface area contributed by atoms with Crippen LogP contribution in [0.25, 0.3) is 0 Å². The Morgan fingerprint density at radius 1 is 1.29 bits per heavy atom. The van der Waals surface area contributed by atoms with Crippen LogP contribution in [0.15, 0.2) is 36.4 Å². The zero-order valence-electron chi connectivity index (χ0n) is 11.7. The van der Waals surface area contributed by atoms with Crippen LogP contribution < -0.4 is 10.1 Å². The first-order chi connectivity index (χ1) is 10.0. The van der Waals surface area contributed by atoms with Crippen molar-refractivity contribution in [3.63, 3.8) is 0 Å². The number of aryl methyl sites for hydroxylation is 1. The monoisotopic (exact) mass is 306 g/mol. The number of non-ortho nitro benzene ring substituents is 1. The molecular formula is C15H15ClN2O3. The third-order valence-electron chi connectivity index (χ3n) is 3.14. The Bertz CT molecular complexity index is 674. The van der Waals surface area contributed by atoms with E-state index in [1.54, 1.807) is 6.07 Å². The highest BCUT2D eigenvalue weighted by molar-refractivity contribution is 6.30. The number of benzene rings is 2. The van der Waals surface area contributed by atoms with E-state index in [4.69, 9.17) is 16.3 Å². The number of rotatable bonds is 5. The number of halogens is 1. The van der Waals surface area contributed by atoms with Crippen LogP contribution >= 0.6 is 11.6 Å². The minimum Gasteiger partial charge on any atom is -0.496 e. The largest absolute Gasteiger partial charge is 0.496 e. The fourth-order valence-electron chi connectivity index (χ4n) is 1.99. The van der Waals surface area contributed by atoms with Gasteiger partial charge in [-0.15, -0.1) is 0 Å². The summed E-state index contributed by atoms with van der Waals surface area (Å²) in [6.07, 6.45) is 0. The summed E-state index contributed by atoms with van der Waals surface area (Å²) < 4.78 is 5.23. The number of nitro benzene ring substituents is 1. The molecule has 0 spiro atoms. The summed E-state index contributed by atoms with van der Waals surface area (Å²) in [4.78, 5) is 10.4. The van der Waals surface area contributed by atoms with Crippen molar-refractivity contribution < 1.29 is 9.66 Å². The quantitative estimate of drug-likeness (QED) is 0.665. The molecule has 0 aliphatic heterocycles. The number of nitro groups is 1. The number of methoxy groups -OCH3 is 1. The number of nitrogens with one attached hydrogen (secondary N) is 1. The van der Waals surface area contributed by atoms with E-state index in [1.165, 1.54) is 19.2 Å². The second-order valence-corrected chi connectivity index (χ2v) is 5.00. The van der Waals surface area contributed by atoms with Gasteiger partial charge in [-0.05, 0) is 30.7 Å². The Balaban J connectivity index is 2.24. The molecule has 0 aromatic heterocycles. The van der Waals surface area contributed by atoms with Crippen LogP contribution in [0.3, 0.4) is 0 Å². The summed E-state index contributed by atoms with van der Waals surface area (Å²) in [6.45, 7) is 2.37. The normalized spacial score (nSPS) is 10.2. The maximum atomic E-state index is 10.9. The van der Waals surface area contributed by atoms with Gasteiger partial charge in [0.05, 0.1) is 12.0 Å². The molecule has 0 bridgehead atoms. The van der Waals surface area contributed by atoms with E-state index in [2.05, 4.69) is 5.32 Å². The molecule has 6 heteroatoms. The Kier molecular flexibility index (Phi) is 4.65. The second-order valence-electron chi connectivity index (χ2n) is 4.57. The minimum absolute atomic E-state index is 0.0374. The van der Waals surface area contributed by atoms with Gasteiger partial charge in [0.25, 0.3) is 5.69 Å². The van der Waals surface area contributed by atoms with Crippen molar-refractivity contribution in [3.05, 3.63) is 62.7 Å². The molecule has 0 radical (unpaired) electrons. The van der Waals surface area contributed by atoms with Gasteiger partial charge in [-0.25, -0.2) is 0 Å². The first-order valence-electron chi connectivity index (χ1n) is 6.32. The van der Waals surface area contributed by atoms with Crippen LogP contribution in [-0.4, -0.2) is 12.0 Å². The van der Waals surface area contributed by atoms with Gasteiger partial charge in [-0.3, -0.25) is 10.1 Å². The molecule has 0 unspecified atom stereocenters. The van der Waals surface area contributed by atoms with Gasteiger partial charge < -0.3 is 10.1 Å². The lowest BCUT2D eigenvalue weighted by Crippen LogP contribution is -2.04. The highest BCUT2D eigenvalue weighted by atomic mass is 35.5. The molecule has 2 aromatic rings. The van der Waals surface area contributed by atoms with Crippen LogP contribution in [0.2, 0.25) is 5.02 Å². The number of anilines is 1. The Labute approximate surface area is 127 Å². The number of hydrogen-bond donors (Lipinski definition) is 1. The van der Waals surface area contributed by atoms with Gasteiger partial charge >= 0.3 is 0 Å². The van der Waals surface area contributed by atoms with Crippen molar-refractivity contribution in [2.75, 3.05) is 12.4 Å². The highest BCUT2D eigenvalue weighted by Gasteiger charge is 2.11. The van der Waals surface area contributed by atoms with Crippen molar-refractivity contribution in [1.82, 2.24) is 0 Å². The van der Waals surface area contributed by atoms with Crippen LogP contribution in [-0.2, 0) is 6.54 Å². The van der Waals surface area contributed by atoms with E-state index in [0.717, 1.165) is 11.3 Å². The van der Waals surface area contributed by atoms with E-state index in [9.17, 15) is 10.1 Å². The maximum Gasteiger partial charge on any atom is 0.270 e. The molecule has 2 rings (SSSR count). The lowest BCUT2D eigenvalue weighted by molar-refractivity contribution is -0.384. The van der Waals surface area contributed by atoms with Crippen molar-refractivity contribution in [2.45, 2.75) is 13.5 Å². The predicted molar refractivity (Wildman–Crippen MR) is 83.2 cm³/mol. The molecule has 0 saturated heterocycles. The lowest BCUT2D eigenvalue weighted by Gasteiger charge is -2.12. The van der Waals surface area contributed by atoms with Gasteiger partial charge in [0, 0.05) is 35.0 Å². The fourth-order valence-corrected chi connectivity index (χ4v) is 2.16. The summed E-state index contributed by atoms with van der Waals surface area (Å²) in [7, 11) is 1.54. The topological polar surface area (TPSA) is 64.4 Å². The van der Waals surface area contributed by atoms with Gasteiger partial charge in [0.2, 0.25) is 0 Å². The van der Waals surface area contributed by atoms with Crippen molar-refractivity contribution >= 4 is 23.0 Å². The highest BCUT2D eigenvalue weighted by Crippen LogP contribution is 2.26. The first kappa shape index (κ1) is 15.1. The zero-order chi connectivity index (χ0) is 15.4. The Morgan fingerprint density at radius 2 is 2.05 bits per heavy atom. The number of ether oxygens (including phenoxy) is 1. The van der Waals surface area contributed by atoms with E-state index in [1.807, 2.05) is 25.1 Å². The third kappa shape index (κ3) is 3.64. The third-order valence-corrected chi connectivity index (χ3v) is 3.38. The molecule has 0 aliphatic rings. The van der Waals surface area contributed by atoms with E-state index in [-0.39, 0.29) is 5.69 Å². The van der Waals surface area contributed by atoms with Gasteiger partial charge in [-0.1, -0.05) is 17.7 Å². The van der Waals surface area contributed by atoms with E-state index in [0.29, 0.717) is 22.9 Å². The molecule has 0 amide bonds. The summed E-state index contributed by atoms with van der Waals surface area (Å²) in [5, 5.41) is 14.7. The number of hydrogen-bond acceptors (Lipinski definition) is 4. The van der Waals surface area contributed by atoms with E-state index >= 15 is 0 Å². The Hall–Kier alpha value is -2.27. The van der Waals surface area contributed by atoms with Gasteiger partial charge in [0.15, 0.2) is 0 Å². The molecule has 0 fully saturated rings. The van der Waals surface area contributed by atoms with Crippen LogP contribution in [0.5, 0.6) is 5.75 Å². The van der Waals surface area contributed by atoms with E-state index < -0.39 is 4.92 Å². The van der Waals surface area contributed by atoms with Gasteiger partial charge in [0.1, 0.15) is 5.75 Å². The molecule has 0 atom stereocenters. The maximum absolute atomic E-state index is 10.9. The first-order valence-corrected chi connectivity index (χ1v) is 6.70. The van der Waals surface area contributed by atoms with Crippen molar-refractivity contribution in [1.29, 1.82) is 0 Å². The van der Waals surface area contributed by atoms with Crippen molar-refractivity contribution in [3.8, 4) is 5.75 Å². The molecule has 0 heterocycles. The molecule has 0 saturated carbocycles. The SMILES string of the molecule is COc1ccc([N+](=O)[O-])cc1CNc1cc(Cl)ccc1C. The summed E-state index contributed by atoms with van der Waals surface area (Å²) in [6, 6.07) is 10.1. The van der Waals surface area contributed by atoms with Crippen molar-refractivity contribution in [2.24, 2.45) is 0 Å². The smallest absolute Gasteiger partial charge is 0.270 e. The average Bonchev–Trinajstić information content (AvgIpc) is 2.47. The zero-order valence-corrected chi connectivity index (χ0v) is 12.5. The predicted octanol–water partition coefficient (Wildman–Crippen LogP) is 4.18. The molecule has 110 valence electrons. The molecule has 21 heavy (non-hydrogen) atoms. The lowest BCUT2D eigenvalue weighted by atomic mass is 10.1. The average molecular weight is 307 g/mol. The Morgan fingerprint density at radius 3 is 2.71 bits per heavy atom. The molecule has 5 nitrogen and oxygen atoms in total. The molecular weight excluding hydrogens is 292 g/mol. The fraction of sp³-hybridized carbons (Fsp3) is 0.200. The van der Waals surface area contributed by atoms with Crippen LogP contribution in [0.1, 0.15) is 11.1 Å². The van der Waals surface area contributed by atoms with Crippen LogP contribution in [0, 0.1) is 17.0 Å². The van der Waals surface area contributed by atoms with Gasteiger partial charge in [-0.2, -0.15) is 0 Å². The standard InChI is InChI=1S/C15H15ClN2O3/c1-10-3-4-12(16)8-14(10)17-9-11-7-13(18(19)20)5-6-15(11)21-2/h3-8,17H,9H2,1-2H3. The molecule has 1 N–H and O–H groups in total. The summed E-state index contributed by atoms with van der Waals surface area (Å²) in [5.41, 5.74) is 2.68. The second kappa shape index (κ2) is 6.45. The summed E-state index contributed by atoms with van der Waals surface area (Å²) >= 11 is 5.97. The number of nitrogens with zero attached hydrogens (tertiary/aromatic N) is 1. The summed E-state index contributed by atoms with van der Waals surface area (Å²) in [5.74, 6) is 0.604.